The van der Waals surface area contributed by atoms with Gasteiger partial charge in [0.2, 0.25) is 5.88 Å². The van der Waals surface area contributed by atoms with Gasteiger partial charge in [0.15, 0.2) is 0 Å². The number of ether oxygens (including phenoxy) is 2. The van der Waals surface area contributed by atoms with Crippen LogP contribution in [0.2, 0.25) is 0 Å². The summed E-state index contributed by atoms with van der Waals surface area (Å²) in [4.78, 5) is 19.2. The molecule has 1 aromatic rings. The van der Waals surface area contributed by atoms with Crippen molar-refractivity contribution in [2.45, 2.75) is 12.3 Å². The molecule has 3 heterocycles. The molecule has 0 unspecified atom stereocenters. The molecule has 2 aliphatic heterocycles. The number of alkyl halides is 3. The van der Waals surface area contributed by atoms with Gasteiger partial charge in [0.05, 0.1) is 31.9 Å². The smallest absolute Gasteiger partial charge is 0.416 e. The summed E-state index contributed by atoms with van der Waals surface area (Å²) in [5.74, 6) is -0.0803. The summed E-state index contributed by atoms with van der Waals surface area (Å²) in [5.41, 5.74) is -0.803. The van der Waals surface area contributed by atoms with E-state index < -0.39 is 11.7 Å². The van der Waals surface area contributed by atoms with E-state index in [4.69, 9.17) is 9.47 Å². The molecule has 9 heteroatoms. The van der Waals surface area contributed by atoms with Crippen LogP contribution in [0, 0.1) is 0 Å². The van der Waals surface area contributed by atoms with Crippen molar-refractivity contribution in [2.24, 2.45) is 0 Å². The molecule has 0 aliphatic carbocycles. The Morgan fingerprint density at radius 2 is 1.96 bits per heavy atom. The molecule has 2 amide bonds. The quantitative estimate of drug-likeness (QED) is 0.826. The van der Waals surface area contributed by atoms with Crippen LogP contribution in [-0.4, -0.2) is 66.3 Å². The van der Waals surface area contributed by atoms with Crippen LogP contribution in [0.3, 0.4) is 0 Å². The van der Waals surface area contributed by atoms with Gasteiger partial charge in [-0.2, -0.15) is 13.2 Å². The highest BCUT2D eigenvalue weighted by molar-refractivity contribution is 5.75. The zero-order chi connectivity index (χ0) is 16.4. The molecule has 0 aromatic carbocycles. The number of morpholine rings is 1. The van der Waals surface area contributed by atoms with Crippen molar-refractivity contribution in [1.82, 2.24) is 14.8 Å². The standard InChI is InChI=1S/C14H16F3N3O3/c15-14(16,17)10-1-2-18-12(7-10)23-11-8-20(9-11)13(21)19-3-5-22-6-4-19/h1-2,7,11H,3-6,8-9H2. The maximum Gasteiger partial charge on any atom is 0.416 e. The molecule has 0 atom stereocenters. The number of halogens is 3. The maximum atomic E-state index is 12.6. The van der Waals surface area contributed by atoms with Crippen LogP contribution in [0.1, 0.15) is 5.56 Å². The lowest BCUT2D eigenvalue weighted by molar-refractivity contribution is -0.137. The Morgan fingerprint density at radius 1 is 1.26 bits per heavy atom. The van der Waals surface area contributed by atoms with Gasteiger partial charge in [0.25, 0.3) is 0 Å². The summed E-state index contributed by atoms with van der Waals surface area (Å²) in [6.07, 6.45) is -3.71. The molecule has 126 valence electrons. The topological polar surface area (TPSA) is 54.9 Å². The number of aromatic nitrogens is 1. The number of likely N-dealkylation sites (tertiary alicyclic amines) is 1. The Bertz CT molecular complexity index is 570. The lowest BCUT2D eigenvalue weighted by atomic mass is 10.2. The predicted octanol–water partition coefficient (Wildman–Crippen LogP) is 1.62. The van der Waals surface area contributed by atoms with Crippen molar-refractivity contribution in [1.29, 1.82) is 0 Å². The molecule has 0 N–H and O–H groups in total. The Kier molecular flexibility index (Phi) is 4.29. The van der Waals surface area contributed by atoms with E-state index in [0.29, 0.717) is 39.4 Å². The molecule has 2 saturated heterocycles. The second-order valence-corrected chi connectivity index (χ2v) is 5.41. The van der Waals surface area contributed by atoms with E-state index in [2.05, 4.69) is 4.98 Å². The summed E-state index contributed by atoms with van der Waals surface area (Å²) < 4.78 is 48.5. The van der Waals surface area contributed by atoms with Crippen molar-refractivity contribution >= 4 is 6.03 Å². The highest BCUT2D eigenvalue weighted by Crippen LogP contribution is 2.31. The first kappa shape index (κ1) is 15.9. The summed E-state index contributed by atoms with van der Waals surface area (Å²) in [6, 6.07) is 1.67. The van der Waals surface area contributed by atoms with Crippen LogP contribution < -0.4 is 4.74 Å². The van der Waals surface area contributed by atoms with Gasteiger partial charge in [-0.3, -0.25) is 0 Å². The lowest BCUT2D eigenvalue weighted by Crippen LogP contribution is -2.60. The largest absolute Gasteiger partial charge is 0.471 e. The van der Waals surface area contributed by atoms with Crippen LogP contribution in [0.15, 0.2) is 18.3 Å². The van der Waals surface area contributed by atoms with Crippen molar-refractivity contribution < 1.29 is 27.4 Å². The highest BCUT2D eigenvalue weighted by atomic mass is 19.4. The minimum atomic E-state index is -4.43. The van der Waals surface area contributed by atoms with E-state index in [1.165, 1.54) is 0 Å². The molecule has 0 saturated carbocycles. The molecule has 2 aliphatic rings. The SMILES string of the molecule is O=C(N1CCOCC1)N1CC(Oc2cc(C(F)(F)F)ccn2)C1. The fourth-order valence-corrected chi connectivity index (χ4v) is 2.44. The van der Waals surface area contributed by atoms with Crippen LogP contribution >= 0.6 is 0 Å². The molecule has 3 rings (SSSR count). The zero-order valence-electron chi connectivity index (χ0n) is 12.3. The fourth-order valence-electron chi connectivity index (χ4n) is 2.44. The average molecular weight is 331 g/mol. The van der Waals surface area contributed by atoms with Crippen molar-refractivity contribution in [2.75, 3.05) is 39.4 Å². The number of hydrogen-bond acceptors (Lipinski definition) is 4. The molecule has 2 fully saturated rings. The van der Waals surface area contributed by atoms with Gasteiger partial charge in [-0.25, -0.2) is 9.78 Å². The predicted molar refractivity (Wildman–Crippen MR) is 73.0 cm³/mol. The van der Waals surface area contributed by atoms with Crippen LogP contribution in [0.5, 0.6) is 5.88 Å². The number of carbonyl (C=O) groups is 1. The third kappa shape index (κ3) is 3.66. The van der Waals surface area contributed by atoms with E-state index in [9.17, 15) is 18.0 Å². The van der Waals surface area contributed by atoms with Crippen LogP contribution in [0.25, 0.3) is 0 Å². The number of hydrogen-bond donors (Lipinski definition) is 0. The molecule has 6 nitrogen and oxygen atoms in total. The van der Waals surface area contributed by atoms with Gasteiger partial charge in [-0.1, -0.05) is 0 Å². The lowest BCUT2D eigenvalue weighted by Gasteiger charge is -2.42. The Hall–Kier alpha value is -2.03. The average Bonchev–Trinajstić information content (AvgIpc) is 2.50. The first-order valence-corrected chi connectivity index (χ1v) is 7.25. The van der Waals surface area contributed by atoms with E-state index >= 15 is 0 Å². The first-order chi connectivity index (χ1) is 10.9. The van der Waals surface area contributed by atoms with Gasteiger partial charge < -0.3 is 19.3 Å². The second-order valence-electron chi connectivity index (χ2n) is 5.41. The Labute approximate surface area is 130 Å². The van der Waals surface area contributed by atoms with Gasteiger partial charge in [0.1, 0.15) is 6.10 Å². The normalized spacial score (nSPS) is 19.4. The molecular formula is C14H16F3N3O3. The number of urea groups is 1. The van der Waals surface area contributed by atoms with E-state index in [1.54, 1.807) is 9.80 Å². The molecular weight excluding hydrogens is 315 g/mol. The van der Waals surface area contributed by atoms with Gasteiger partial charge in [0, 0.05) is 25.4 Å². The van der Waals surface area contributed by atoms with Gasteiger partial charge in [-0.05, 0) is 6.07 Å². The number of nitrogens with zero attached hydrogens (tertiary/aromatic N) is 3. The van der Waals surface area contributed by atoms with Gasteiger partial charge >= 0.3 is 12.2 Å². The fraction of sp³-hybridized carbons (Fsp3) is 0.571. The van der Waals surface area contributed by atoms with E-state index in [1.807, 2.05) is 0 Å². The van der Waals surface area contributed by atoms with Crippen molar-refractivity contribution in [3.63, 3.8) is 0 Å². The third-order valence-electron chi connectivity index (χ3n) is 3.75. The number of amides is 2. The molecule has 0 spiro atoms. The van der Waals surface area contributed by atoms with E-state index in [-0.39, 0.29) is 18.0 Å². The summed E-state index contributed by atoms with van der Waals surface area (Å²) in [5, 5.41) is 0. The molecule has 0 radical (unpaired) electrons. The number of rotatable bonds is 2. The number of carbonyl (C=O) groups excluding carboxylic acids is 1. The highest BCUT2D eigenvalue weighted by Gasteiger charge is 2.36. The van der Waals surface area contributed by atoms with Gasteiger partial charge in [-0.15, -0.1) is 0 Å². The molecule has 23 heavy (non-hydrogen) atoms. The Morgan fingerprint density at radius 3 is 2.61 bits per heavy atom. The zero-order valence-corrected chi connectivity index (χ0v) is 12.3. The molecule has 0 bridgehead atoms. The van der Waals surface area contributed by atoms with Crippen molar-refractivity contribution in [3.8, 4) is 5.88 Å². The van der Waals surface area contributed by atoms with Crippen molar-refractivity contribution in [3.05, 3.63) is 23.9 Å². The minimum Gasteiger partial charge on any atom is -0.471 e. The monoisotopic (exact) mass is 331 g/mol. The summed E-state index contributed by atoms with van der Waals surface area (Å²) in [6.45, 7) is 2.83. The Balaban J connectivity index is 1.51. The summed E-state index contributed by atoms with van der Waals surface area (Å²) in [7, 11) is 0. The number of pyridine rings is 1. The first-order valence-electron chi connectivity index (χ1n) is 7.25. The van der Waals surface area contributed by atoms with E-state index in [0.717, 1.165) is 18.3 Å². The second kappa shape index (κ2) is 6.23. The third-order valence-corrected chi connectivity index (χ3v) is 3.75. The van der Waals surface area contributed by atoms with Crippen LogP contribution in [0.4, 0.5) is 18.0 Å². The minimum absolute atomic E-state index is 0.0803. The summed E-state index contributed by atoms with van der Waals surface area (Å²) >= 11 is 0. The maximum absolute atomic E-state index is 12.6. The van der Waals surface area contributed by atoms with Crippen LogP contribution in [-0.2, 0) is 10.9 Å². The molecule has 1 aromatic heterocycles.